The second kappa shape index (κ2) is 5.85. The van der Waals surface area contributed by atoms with Crippen molar-refractivity contribution < 1.29 is 8.42 Å². The summed E-state index contributed by atoms with van der Waals surface area (Å²) in [6.07, 6.45) is 5.62. The van der Waals surface area contributed by atoms with E-state index in [2.05, 4.69) is 11.6 Å². The molecule has 0 bridgehead atoms. The summed E-state index contributed by atoms with van der Waals surface area (Å²) in [6, 6.07) is 7.25. The van der Waals surface area contributed by atoms with Gasteiger partial charge in [-0.2, -0.15) is 0 Å². The monoisotopic (exact) mass is 267 g/mol. The van der Waals surface area contributed by atoms with E-state index in [0.29, 0.717) is 17.4 Å². The summed E-state index contributed by atoms with van der Waals surface area (Å²) in [7, 11) is -3.30. The fraction of sp³-hybridized carbons (Fsp3) is 0.571. The third-order valence-corrected chi connectivity index (χ3v) is 4.75. The van der Waals surface area contributed by atoms with Crippen molar-refractivity contribution in [3.8, 4) is 0 Å². The second-order valence-electron chi connectivity index (χ2n) is 5.04. The molecule has 0 heterocycles. The number of unbranched alkanes of at least 4 members (excludes halogenated alkanes) is 1. The average molecular weight is 267 g/mol. The third kappa shape index (κ3) is 3.82. The van der Waals surface area contributed by atoms with Crippen LogP contribution in [0.2, 0.25) is 0 Å². The molecule has 1 aromatic rings. The molecule has 1 fully saturated rings. The Balaban J connectivity index is 1.98. The van der Waals surface area contributed by atoms with Gasteiger partial charge >= 0.3 is 0 Å². The van der Waals surface area contributed by atoms with Gasteiger partial charge in [-0.1, -0.05) is 25.5 Å². The van der Waals surface area contributed by atoms with Gasteiger partial charge in [0.25, 0.3) is 0 Å². The van der Waals surface area contributed by atoms with Crippen LogP contribution in [-0.4, -0.2) is 15.0 Å². The van der Waals surface area contributed by atoms with Crippen LogP contribution >= 0.6 is 0 Å². The number of nitrogens with one attached hydrogen (secondary N) is 1. The van der Waals surface area contributed by atoms with Gasteiger partial charge in [-0.3, -0.25) is 0 Å². The predicted octanol–water partition coefficient (Wildman–Crippen LogP) is 2.72. The molecule has 0 aliphatic heterocycles. The molecule has 0 unspecified atom stereocenters. The summed E-state index contributed by atoms with van der Waals surface area (Å²) < 4.78 is 26.6. The Kier molecular flexibility index (Phi) is 4.40. The van der Waals surface area contributed by atoms with E-state index in [9.17, 15) is 8.42 Å². The number of rotatable bonds is 7. The Morgan fingerprint density at radius 1 is 1.22 bits per heavy atom. The van der Waals surface area contributed by atoms with E-state index in [1.54, 1.807) is 12.1 Å². The maximum Gasteiger partial charge on any atom is 0.240 e. The summed E-state index contributed by atoms with van der Waals surface area (Å²) in [5, 5.41) is 0. The zero-order chi connectivity index (χ0) is 13.0. The molecular weight excluding hydrogens is 246 g/mol. The van der Waals surface area contributed by atoms with Gasteiger partial charge in [0.1, 0.15) is 0 Å². The molecule has 1 N–H and O–H groups in total. The van der Waals surface area contributed by atoms with Crippen LogP contribution in [0.1, 0.15) is 38.2 Å². The van der Waals surface area contributed by atoms with Crippen LogP contribution in [0.5, 0.6) is 0 Å². The summed E-state index contributed by atoms with van der Waals surface area (Å²) in [6.45, 7) is 2.74. The normalized spacial score (nSPS) is 15.8. The van der Waals surface area contributed by atoms with Crippen LogP contribution < -0.4 is 4.72 Å². The molecule has 0 aromatic heterocycles. The molecular formula is C14H21NO2S. The highest BCUT2D eigenvalue weighted by atomic mass is 32.2. The number of benzene rings is 1. The molecule has 0 saturated heterocycles. The van der Waals surface area contributed by atoms with Crippen molar-refractivity contribution in [2.45, 2.75) is 43.9 Å². The smallest absolute Gasteiger partial charge is 0.211 e. The van der Waals surface area contributed by atoms with Crippen molar-refractivity contribution in [2.75, 3.05) is 6.54 Å². The quantitative estimate of drug-likeness (QED) is 0.825. The zero-order valence-electron chi connectivity index (χ0n) is 10.9. The molecule has 1 aliphatic carbocycles. The lowest BCUT2D eigenvalue weighted by atomic mass is 10.1. The minimum atomic E-state index is -3.30. The van der Waals surface area contributed by atoms with Crippen LogP contribution in [0.4, 0.5) is 0 Å². The van der Waals surface area contributed by atoms with Gasteiger partial charge in [-0.25, -0.2) is 13.1 Å². The maximum atomic E-state index is 12.0. The molecule has 3 nitrogen and oxygen atoms in total. The van der Waals surface area contributed by atoms with Crippen LogP contribution in [0.15, 0.2) is 29.2 Å². The van der Waals surface area contributed by atoms with E-state index in [0.717, 1.165) is 32.1 Å². The highest BCUT2D eigenvalue weighted by Gasteiger charge is 2.24. The summed E-state index contributed by atoms with van der Waals surface area (Å²) in [5.41, 5.74) is 1.21. The first-order valence-electron chi connectivity index (χ1n) is 6.70. The lowest BCUT2D eigenvalue weighted by molar-refractivity contribution is 0.577. The highest BCUT2D eigenvalue weighted by Crippen LogP contribution is 2.28. The molecule has 0 radical (unpaired) electrons. The highest BCUT2D eigenvalue weighted by molar-refractivity contribution is 7.89. The van der Waals surface area contributed by atoms with E-state index >= 15 is 0 Å². The fourth-order valence-electron chi connectivity index (χ4n) is 1.85. The molecule has 2 rings (SSSR count). The van der Waals surface area contributed by atoms with E-state index in [4.69, 9.17) is 0 Å². The zero-order valence-corrected chi connectivity index (χ0v) is 11.7. The molecule has 4 heteroatoms. The minimum absolute atomic E-state index is 0.378. The summed E-state index contributed by atoms with van der Waals surface area (Å²) in [4.78, 5) is 0.378. The van der Waals surface area contributed by atoms with E-state index in [1.165, 1.54) is 5.56 Å². The van der Waals surface area contributed by atoms with Gasteiger partial charge in [0, 0.05) is 6.54 Å². The third-order valence-electron chi connectivity index (χ3n) is 3.31. The van der Waals surface area contributed by atoms with Gasteiger partial charge < -0.3 is 0 Å². The number of sulfonamides is 1. The molecule has 1 aliphatic rings. The first-order valence-corrected chi connectivity index (χ1v) is 8.19. The average Bonchev–Trinajstić information content (AvgIpc) is 3.19. The van der Waals surface area contributed by atoms with Crippen molar-refractivity contribution in [3.05, 3.63) is 29.8 Å². The molecule has 18 heavy (non-hydrogen) atoms. The van der Waals surface area contributed by atoms with Crippen molar-refractivity contribution in [1.82, 2.24) is 4.72 Å². The van der Waals surface area contributed by atoms with Crippen molar-refractivity contribution in [3.63, 3.8) is 0 Å². The number of hydrogen-bond acceptors (Lipinski definition) is 2. The molecule has 100 valence electrons. The van der Waals surface area contributed by atoms with E-state index < -0.39 is 10.0 Å². The first-order chi connectivity index (χ1) is 8.62. The van der Waals surface area contributed by atoms with Crippen LogP contribution in [-0.2, 0) is 16.4 Å². The van der Waals surface area contributed by atoms with Crippen LogP contribution in [0.25, 0.3) is 0 Å². The lowest BCUT2D eigenvalue weighted by Crippen LogP contribution is -2.25. The lowest BCUT2D eigenvalue weighted by Gasteiger charge is -2.07. The van der Waals surface area contributed by atoms with Gasteiger partial charge in [0.05, 0.1) is 4.90 Å². The van der Waals surface area contributed by atoms with Gasteiger partial charge in [-0.15, -0.1) is 0 Å². The molecule has 1 saturated carbocycles. The van der Waals surface area contributed by atoms with Gasteiger partial charge in [0.15, 0.2) is 0 Å². The SMILES string of the molecule is CCCCc1ccc(S(=O)(=O)NCC2CC2)cc1. The van der Waals surface area contributed by atoms with Crippen LogP contribution in [0.3, 0.4) is 0 Å². The minimum Gasteiger partial charge on any atom is -0.211 e. The van der Waals surface area contributed by atoms with Crippen LogP contribution in [0, 0.1) is 5.92 Å². The number of aryl methyl sites for hydroxylation is 1. The summed E-state index contributed by atoms with van der Waals surface area (Å²) in [5.74, 6) is 0.559. The van der Waals surface area contributed by atoms with Crippen molar-refractivity contribution in [1.29, 1.82) is 0 Å². The standard InChI is InChI=1S/C14H21NO2S/c1-2-3-4-12-7-9-14(10-8-12)18(16,17)15-11-13-5-6-13/h7-10,13,15H,2-6,11H2,1H3. The van der Waals surface area contributed by atoms with Crippen molar-refractivity contribution in [2.24, 2.45) is 5.92 Å². The topological polar surface area (TPSA) is 46.2 Å². The second-order valence-corrected chi connectivity index (χ2v) is 6.81. The first kappa shape index (κ1) is 13.6. The van der Waals surface area contributed by atoms with Gasteiger partial charge in [-0.05, 0) is 49.3 Å². The molecule has 0 atom stereocenters. The van der Waals surface area contributed by atoms with E-state index in [-0.39, 0.29) is 0 Å². The van der Waals surface area contributed by atoms with Crippen molar-refractivity contribution >= 4 is 10.0 Å². The molecule has 0 spiro atoms. The largest absolute Gasteiger partial charge is 0.240 e. The maximum absolute atomic E-state index is 12.0. The Morgan fingerprint density at radius 2 is 1.89 bits per heavy atom. The molecule has 0 amide bonds. The van der Waals surface area contributed by atoms with Gasteiger partial charge in [0.2, 0.25) is 10.0 Å². The van der Waals surface area contributed by atoms with E-state index in [1.807, 2.05) is 12.1 Å². The molecule has 1 aromatic carbocycles. The summed E-state index contributed by atoms with van der Waals surface area (Å²) >= 11 is 0. The Hall–Kier alpha value is -0.870. The Bertz CT molecular complexity index is 475. The predicted molar refractivity (Wildman–Crippen MR) is 73.0 cm³/mol. The Morgan fingerprint density at radius 3 is 2.44 bits per heavy atom. The Labute approximate surface area is 110 Å². The fourth-order valence-corrected chi connectivity index (χ4v) is 2.97. The number of hydrogen-bond donors (Lipinski definition) is 1.